The van der Waals surface area contributed by atoms with E-state index in [0.717, 1.165) is 0 Å². The van der Waals surface area contributed by atoms with Gasteiger partial charge in [-0.1, -0.05) is 34.6 Å². The second kappa shape index (κ2) is 6.18. The van der Waals surface area contributed by atoms with Crippen LogP contribution in [0.25, 0.3) is 0 Å². The van der Waals surface area contributed by atoms with Gasteiger partial charge >= 0.3 is 5.97 Å². The molecule has 1 amide bonds. The van der Waals surface area contributed by atoms with Crippen molar-refractivity contribution in [1.29, 1.82) is 0 Å². The first-order valence-electron chi connectivity index (χ1n) is 6.19. The van der Waals surface area contributed by atoms with Gasteiger partial charge in [-0.2, -0.15) is 0 Å². The number of carbonyl (C=O) groups is 2. The molecule has 0 bridgehead atoms. The third-order valence-corrected chi connectivity index (χ3v) is 3.15. The molecular weight excluding hydrogens is 234 g/mol. The maximum Gasteiger partial charge on any atom is 0.303 e. The molecule has 0 spiro atoms. The minimum absolute atomic E-state index is 0.0775. The van der Waals surface area contributed by atoms with Crippen LogP contribution in [0.2, 0.25) is 0 Å². The number of aliphatic carboxylic acids is 1. The predicted molar refractivity (Wildman–Crippen MR) is 69.1 cm³/mol. The maximum absolute atomic E-state index is 11.2. The maximum atomic E-state index is 11.2. The summed E-state index contributed by atoms with van der Waals surface area (Å²) in [5.41, 5.74) is -1.32. The van der Waals surface area contributed by atoms with Gasteiger partial charge in [-0.15, -0.1) is 0 Å². The van der Waals surface area contributed by atoms with Crippen LogP contribution in [-0.4, -0.2) is 34.7 Å². The zero-order valence-electron chi connectivity index (χ0n) is 11.9. The summed E-state index contributed by atoms with van der Waals surface area (Å²) in [4.78, 5) is 22.0. The predicted octanol–water partition coefficient (Wildman–Crippen LogP) is 1.40. The van der Waals surface area contributed by atoms with Crippen LogP contribution < -0.4 is 5.32 Å². The number of rotatable bonds is 7. The average molecular weight is 259 g/mol. The zero-order chi connectivity index (χ0) is 14.6. The fourth-order valence-electron chi connectivity index (χ4n) is 2.09. The zero-order valence-corrected chi connectivity index (χ0v) is 11.9. The molecule has 0 aliphatic carbocycles. The van der Waals surface area contributed by atoms with Crippen molar-refractivity contribution < 1.29 is 19.8 Å². The van der Waals surface area contributed by atoms with E-state index in [1.807, 2.05) is 13.8 Å². The molecule has 0 aliphatic heterocycles. The first-order chi connectivity index (χ1) is 8.03. The summed E-state index contributed by atoms with van der Waals surface area (Å²) in [6.45, 7) is 9.15. The number of carboxylic acids is 1. The number of hydrogen-bond acceptors (Lipinski definition) is 3. The molecule has 0 heterocycles. The summed E-state index contributed by atoms with van der Waals surface area (Å²) in [6.07, 6.45) is -0.539. The van der Waals surface area contributed by atoms with E-state index < -0.39 is 22.9 Å². The number of hydrogen-bond donors (Lipinski definition) is 3. The summed E-state index contributed by atoms with van der Waals surface area (Å²) in [7, 11) is 0. The van der Waals surface area contributed by atoms with Gasteiger partial charge in [-0.25, -0.2) is 0 Å². The fourth-order valence-corrected chi connectivity index (χ4v) is 2.09. The molecule has 0 radical (unpaired) electrons. The lowest BCUT2D eigenvalue weighted by molar-refractivity contribution is -0.143. The molecule has 0 aromatic carbocycles. The highest BCUT2D eigenvalue weighted by molar-refractivity contribution is 5.75. The molecule has 0 saturated heterocycles. The minimum Gasteiger partial charge on any atom is -0.481 e. The smallest absolute Gasteiger partial charge is 0.303 e. The number of carboxylic acid groups (broad SMARTS) is 1. The Morgan fingerprint density at radius 2 is 1.67 bits per heavy atom. The molecule has 1 unspecified atom stereocenters. The molecule has 0 aromatic heterocycles. The topological polar surface area (TPSA) is 86.6 Å². The average Bonchev–Trinajstić information content (AvgIpc) is 2.23. The largest absolute Gasteiger partial charge is 0.481 e. The minimum atomic E-state index is -0.938. The van der Waals surface area contributed by atoms with E-state index in [4.69, 9.17) is 5.11 Å². The molecule has 0 saturated carbocycles. The summed E-state index contributed by atoms with van der Waals surface area (Å²) < 4.78 is 0. The van der Waals surface area contributed by atoms with Crippen LogP contribution in [0.4, 0.5) is 0 Å². The van der Waals surface area contributed by atoms with Gasteiger partial charge in [0.05, 0.1) is 12.5 Å². The van der Waals surface area contributed by atoms with Crippen LogP contribution in [0.15, 0.2) is 0 Å². The van der Waals surface area contributed by atoms with Gasteiger partial charge in [0.2, 0.25) is 5.91 Å². The Bertz CT molecular complexity index is 310. The second-order valence-corrected chi connectivity index (χ2v) is 6.08. The normalized spacial score (nSPS) is 14.1. The molecule has 3 N–H and O–H groups in total. The molecule has 106 valence electrons. The quantitative estimate of drug-likeness (QED) is 0.645. The molecule has 5 nitrogen and oxygen atoms in total. The van der Waals surface area contributed by atoms with Crippen molar-refractivity contribution in [3.63, 3.8) is 0 Å². The Balaban J connectivity index is 4.67. The molecule has 18 heavy (non-hydrogen) atoms. The Morgan fingerprint density at radius 3 is 2.06 bits per heavy atom. The van der Waals surface area contributed by atoms with Crippen molar-refractivity contribution in [3.8, 4) is 0 Å². The van der Waals surface area contributed by atoms with Crippen molar-refractivity contribution in [2.75, 3.05) is 6.54 Å². The third kappa shape index (κ3) is 5.04. The van der Waals surface area contributed by atoms with Gasteiger partial charge in [0, 0.05) is 23.8 Å². The molecule has 0 rings (SSSR count). The lowest BCUT2D eigenvalue weighted by Gasteiger charge is -2.40. The van der Waals surface area contributed by atoms with E-state index in [2.05, 4.69) is 5.32 Å². The van der Waals surface area contributed by atoms with E-state index >= 15 is 0 Å². The third-order valence-electron chi connectivity index (χ3n) is 3.15. The van der Waals surface area contributed by atoms with Crippen molar-refractivity contribution in [2.24, 2.45) is 10.8 Å². The molecular formula is C13H25NO4. The summed E-state index contributed by atoms with van der Waals surface area (Å²) in [6, 6.07) is 0. The van der Waals surface area contributed by atoms with Gasteiger partial charge in [0.15, 0.2) is 0 Å². The van der Waals surface area contributed by atoms with Gasteiger partial charge in [-0.3, -0.25) is 9.59 Å². The lowest BCUT2D eigenvalue weighted by atomic mass is 9.70. The Kier molecular flexibility index (Phi) is 5.80. The number of aliphatic hydroxyl groups excluding tert-OH is 1. The van der Waals surface area contributed by atoms with E-state index in [9.17, 15) is 14.7 Å². The molecule has 1 atom stereocenters. The number of carbonyl (C=O) groups excluding carboxylic acids is 1. The van der Waals surface area contributed by atoms with Gasteiger partial charge in [0.1, 0.15) is 0 Å². The first kappa shape index (κ1) is 16.9. The van der Waals surface area contributed by atoms with E-state index in [0.29, 0.717) is 13.0 Å². The first-order valence-corrected chi connectivity index (χ1v) is 6.19. The van der Waals surface area contributed by atoms with Crippen molar-refractivity contribution in [3.05, 3.63) is 0 Å². The van der Waals surface area contributed by atoms with Crippen molar-refractivity contribution in [2.45, 2.75) is 53.6 Å². The van der Waals surface area contributed by atoms with Gasteiger partial charge < -0.3 is 15.5 Å². The van der Waals surface area contributed by atoms with Crippen LogP contribution in [0.1, 0.15) is 47.5 Å². The highest BCUT2D eigenvalue weighted by Crippen LogP contribution is 2.36. The fraction of sp³-hybridized carbons (Fsp3) is 0.846. The number of aliphatic hydroxyl groups is 1. The Labute approximate surface area is 109 Å². The SMILES string of the molecule is CCC(=O)NCC(C)(C)C(O)C(C)(C)CC(=O)O. The highest BCUT2D eigenvalue weighted by atomic mass is 16.4. The monoisotopic (exact) mass is 259 g/mol. The van der Waals surface area contributed by atoms with E-state index in [1.54, 1.807) is 20.8 Å². The lowest BCUT2D eigenvalue weighted by Crippen LogP contribution is -2.48. The summed E-state index contributed by atoms with van der Waals surface area (Å²) >= 11 is 0. The number of nitrogens with one attached hydrogen (secondary N) is 1. The molecule has 0 aromatic rings. The molecule has 5 heteroatoms. The Hall–Kier alpha value is -1.10. The second-order valence-electron chi connectivity index (χ2n) is 6.08. The van der Waals surface area contributed by atoms with Gasteiger partial charge in [-0.05, 0) is 0 Å². The summed E-state index contributed by atoms with van der Waals surface area (Å²) in [5.74, 6) is -1.02. The van der Waals surface area contributed by atoms with Crippen molar-refractivity contribution in [1.82, 2.24) is 5.32 Å². The van der Waals surface area contributed by atoms with Crippen molar-refractivity contribution >= 4 is 11.9 Å². The molecule has 0 fully saturated rings. The number of amides is 1. The van der Waals surface area contributed by atoms with Crippen LogP contribution in [0.3, 0.4) is 0 Å². The van der Waals surface area contributed by atoms with Crippen LogP contribution in [0, 0.1) is 10.8 Å². The molecule has 0 aliphatic rings. The van der Waals surface area contributed by atoms with Gasteiger partial charge in [0.25, 0.3) is 0 Å². The van der Waals surface area contributed by atoms with Crippen LogP contribution in [0.5, 0.6) is 0 Å². The van der Waals surface area contributed by atoms with Crippen LogP contribution >= 0.6 is 0 Å². The van der Waals surface area contributed by atoms with Crippen LogP contribution in [-0.2, 0) is 9.59 Å². The standard InChI is InChI=1S/C13H25NO4/c1-6-9(15)14-8-13(4,5)11(18)12(2,3)7-10(16)17/h11,18H,6-8H2,1-5H3,(H,14,15)(H,16,17). The Morgan fingerprint density at radius 1 is 1.17 bits per heavy atom. The van der Waals surface area contributed by atoms with E-state index in [1.165, 1.54) is 0 Å². The van der Waals surface area contributed by atoms with E-state index in [-0.39, 0.29) is 12.3 Å². The highest BCUT2D eigenvalue weighted by Gasteiger charge is 2.40. The summed E-state index contributed by atoms with van der Waals surface area (Å²) in [5, 5.41) is 21.9.